The van der Waals surface area contributed by atoms with E-state index in [0.717, 1.165) is 6.42 Å². The van der Waals surface area contributed by atoms with Crippen molar-refractivity contribution in [2.75, 3.05) is 0 Å². The van der Waals surface area contributed by atoms with Crippen molar-refractivity contribution >= 4 is 5.97 Å². The zero-order chi connectivity index (χ0) is 8.65. The Balaban J connectivity index is 2.65. The van der Waals surface area contributed by atoms with Crippen molar-refractivity contribution in [3.8, 4) is 0 Å². The summed E-state index contributed by atoms with van der Waals surface area (Å²) in [5.74, 6) is 0.400. The molecule has 1 heterocycles. The molecule has 2 heteroatoms. The standard InChI is InChI=1S/C9H16O2/c1-6(2)7-5-9(3,4)8(10)11-7/h6-7H,5H2,1-4H3. The number of hydrogen-bond acceptors (Lipinski definition) is 2. The van der Waals surface area contributed by atoms with E-state index in [4.69, 9.17) is 4.74 Å². The molecule has 0 radical (unpaired) electrons. The summed E-state index contributed by atoms with van der Waals surface area (Å²) in [5, 5.41) is 0. The molecule has 2 nitrogen and oxygen atoms in total. The first kappa shape index (κ1) is 8.57. The van der Waals surface area contributed by atoms with Crippen LogP contribution >= 0.6 is 0 Å². The number of esters is 1. The normalized spacial score (nSPS) is 29.2. The molecule has 1 aliphatic heterocycles. The second kappa shape index (κ2) is 2.50. The average Bonchev–Trinajstić information content (AvgIpc) is 2.08. The third kappa shape index (κ3) is 1.55. The first-order valence-electron chi connectivity index (χ1n) is 4.14. The largest absolute Gasteiger partial charge is 0.462 e. The van der Waals surface area contributed by atoms with Crippen molar-refractivity contribution in [3.63, 3.8) is 0 Å². The highest BCUT2D eigenvalue weighted by Crippen LogP contribution is 2.35. The molecule has 1 aliphatic rings. The zero-order valence-corrected chi connectivity index (χ0v) is 7.68. The van der Waals surface area contributed by atoms with Crippen molar-refractivity contribution in [1.29, 1.82) is 0 Å². The Bertz CT molecular complexity index is 170. The summed E-state index contributed by atoms with van der Waals surface area (Å²) in [5.41, 5.74) is -0.255. The molecule has 0 aliphatic carbocycles. The van der Waals surface area contributed by atoms with E-state index < -0.39 is 0 Å². The molecule has 0 spiro atoms. The minimum Gasteiger partial charge on any atom is -0.462 e. The molecule has 0 bridgehead atoms. The molecule has 0 aromatic heterocycles. The molecule has 0 aromatic carbocycles. The number of ether oxygens (including phenoxy) is 1. The molecule has 1 atom stereocenters. The maximum atomic E-state index is 11.2. The van der Waals surface area contributed by atoms with Gasteiger partial charge in [0.2, 0.25) is 0 Å². The second-order valence-corrected chi connectivity index (χ2v) is 4.28. The maximum absolute atomic E-state index is 11.2. The number of hydrogen-bond donors (Lipinski definition) is 0. The Morgan fingerprint density at radius 3 is 2.27 bits per heavy atom. The van der Waals surface area contributed by atoms with Gasteiger partial charge in [-0.05, 0) is 19.8 Å². The number of carbonyl (C=O) groups excluding carboxylic acids is 1. The maximum Gasteiger partial charge on any atom is 0.311 e. The third-order valence-electron chi connectivity index (χ3n) is 2.27. The van der Waals surface area contributed by atoms with Gasteiger partial charge in [-0.25, -0.2) is 0 Å². The molecule has 0 N–H and O–H groups in total. The fourth-order valence-corrected chi connectivity index (χ4v) is 1.30. The van der Waals surface area contributed by atoms with Crippen LogP contribution in [-0.2, 0) is 9.53 Å². The predicted molar refractivity (Wildman–Crippen MR) is 43.1 cm³/mol. The molecule has 1 saturated heterocycles. The summed E-state index contributed by atoms with van der Waals surface area (Å²) in [6.07, 6.45) is 1.00. The van der Waals surface area contributed by atoms with Gasteiger partial charge in [-0.1, -0.05) is 13.8 Å². The van der Waals surface area contributed by atoms with Crippen LogP contribution in [0.15, 0.2) is 0 Å². The summed E-state index contributed by atoms with van der Waals surface area (Å²) in [4.78, 5) is 11.2. The summed E-state index contributed by atoms with van der Waals surface area (Å²) in [6.45, 7) is 8.05. The molecule has 0 amide bonds. The van der Waals surface area contributed by atoms with Crippen LogP contribution in [0.4, 0.5) is 0 Å². The lowest BCUT2D eigenvalue weighted by atomic mass is 9.87. The number of rotatable bonds is 1. The molecule has 0 aromatic rings. The van der Waals surface area contributed by atoms with Crippen molar-refractivity contribution in [2.45, 2.75) is 40.2 Å². The van der Waals surface area contributed by atoms with Crippen LogP contribution in [0.25, 0.3) is 0 Å². The molecule has 11 heavy (non-hydrogen) atoms. The van der Waals surface area contributed by atoms with E-state index in [1.165, 1.54) is 0 Å². The van der Waals surface area contributed by atoms with Crippen LogP contribution in [-0.4, -0.2) is 12.1 Å². The lowest BCUT2D eigenvalue weighted by Crippen LogP contribution is -2.16. The molecule has 1 rings (SSSR count). The Hall–Kier alpha value is -0.530. The van der Waals surface area contributed by atoms with Crippen LogP contribution in [0.1, 0.15) is 34.1 Å². The lowest BCUT2D eigenvalue weighted by molar-refractivity contribution is -0.148. The van der Waals surface area contributed by atoms with Gasteiger partial charge in [0.1, 0.15) is 6.10 Å². The zero-order valence-electron chi connectivity index (χ0n) is 7.68. The van der Waals surface area contributed by atoms with Gasteiger partial charge in [0.15, 0.2) is 0 Å². The van der Waals surface area contributed by atoms with E-state index >= 15 is 0 Å². The van der Waals surface area contributed by atoms with E-state index in [2.05, 4.69) is 13.8 Å². The predicted octanol–water partition coefficient (Wildman–Crippen LogP) is 1.98. The minimum atomic E-state index is -0.255. The van der Waals surface area contributed by atoms with Crippen LogP contribution in [0.5, 0.6) is 0 Å². The van der Waals surface area contributed by atoms with Crippen LogP contribution < -0.4 is 0 Å². The molecular weight excluding hydrogens is 140 g/mol. The SMILES string of the molecule is CC(C)C1CC(C)(C)C(=O)O1. The van der Waals surface area contributed by atoms with Gasteiger partial charge in [-0.3, -0.25) is 4.79 Å². The lowest BCUT2D eigenvalue weighted by Gasteiger charge is -2.13. The molecular formula is C9H16O2. The van der Waals surface area contributed by atoms with Crippen molar-refractivity contribution in [3.05, 3.63) is 0 Å². The topological polar surface area (TPSA) is 26.3 Å². The van der Waals surface area contributed by atoms with Gasteiger partial charge in [0, 0.05) is 6.42 Å². The Morgan fingerprint density at radius 1 is 1.55 bits per heavy atom. The second-order valence-electron chi connectivity index (χ2n) is 4.28. The quantitative estimate of drug-likeness (QED) is 0.543. The highest BCUT2D eigenvalue weighted by molar-refractivity contribution is 5.78. The molecule has 1 unspecified atom stereocenters. The van der Waals surface area contributed by atoms with Gasteiger partial charge in [-0.15, -0.1) is 0 Å². The fraction of sp³-hybridized carbons (Fsp3) is 0.889. The van der Waals surface area contributed by atoms with E-state index in [0.29, 0.717) is 5.92 Å². The van der Waals surface area contributed by atoms with Crippen LogP contribution in [0, 0.1) is 11.3 Å². The van der Waals surface area contributed by atoms with Crippen LogP contribution in [0.3, 0.4) is 0 Å². The summed E-state index contributed by atoms with van der Waals surface area (Å²) < 4.78 is 5.20. The third-order valence-corrected chi connectivity index (χ3v) is 2.27. The Kier molecular flexibility index (Phi) is 1.95. The minimum absolute atomic E-state index is 0.0452. The van der Waals surface area contributed by atoms with Gasteiger partial charge in [0.05, 0.1) is 5.41 Å². The molecule has 1 fully saturated rings. The van der Waals surface area contributed by atoms with Crippen LogP contribution in [0.2, 0.25) is 0 Å². The monoisotopic (exact) mass is 156 g/mol. The Labute approximate surface area is 67.9 Å². The van der Waals surface area contributed by atoms with Crippen molar-refractivity contribution in [2.24, 2.45) is 11.3 Å². The highest BCUT2D eigenvalue weighted by Gasteiger charge is 2.42. The van der Waals surface area contributed by atoms with E-state index in [-0.39, 0.29) is 17.5 Å². The molecule has 64 valence electrons. The summed E-state index contributed by atoms with van der Waals surface area (Å²) >= 11 is 0. The average molecular weight is 156 g/mol. The smallest absolute Gasteiger partial charge is 0.311 e. The first-order valence-corrected chi connectivity index (χ1v) is 4.14. The molecule has 0 saturated carbocycles. The van der Waals surface area contributed by atoms with Crippen molar-refractivity contribution < 1.29 is 9.53 Å². The van der Waals surface area contributed by atoms with Crippen molar-refractivity contribution in [1.82, 2.24) is 0 Å². The van der Waals surface area contributed by atoms with E-state index in [1.54, 1.807) is 0 Å². The fourth-order valence-electron chi connectivity index (χ4n) is 1.30. The van der Waals surface area contributed by atoms with Gasteiger partial charge in [-0.2, -0.15) is 0 Å². The number of carbonyl (C=O) groups is 1. The summed E-state index contributed by atoms with van der Waals surface area (Å²) in [6, 6.07) is 0. The number of cyclic esters (lactones) is 1. The van der Waals surface area contributed by atoms with Gasteiger partial charge >= 0.3 is 5.97 Å². The summed E-state index contributed by atoms with van der Waals surface area (Å²) in [7, 11) is 0. The van der Waals surface area contributed by atoms with E-state index in [9.17, 15) is 4.79 Å². The van der Waals surface area contributed by atoms with E-state index in [1.807, 2.05) is 13.8 Å². The Morgan fingerprint density at radius 2 is 2.09 bits per heavy atom. The van der Waals surface area contributed by atoms with Gasteiger partial charge < -0.3 is 4.74 Å². The first-order chi connectivity index (χ1) is 4.93. The van der Waals surface area contributed by atoms with Gasteiger partial charge in [0.25, 0.3) is 0 Å². The highest BCUT2D eigenvalue weighted by atomic mass is 16.6.